The van der Waals surface area contributed by atoms with E-state index in [0.29, 0.717) is 4.88 Å². The SMILES string of the molecule is Cc1cc(C)c(NC(=O)[C@H](C)OC(=O)c2cc3c(s2)CCCC3)c(C)c1. The van der Waals surface area contributed by atoms with Gasteiger partial charge in [-0.1, -0.05) is 17.7 Å². The summed E-state index contributed by atoms with van der Waals surface area (Å²) >= 11 is 1.50. The molecule has 1 aliphatic rings. The van der Waals surface area contributed by atoms with Crippen molar-refractivity contribution < 1.29 is 14.3 Å². The Hall–Kier alpha value is -2.14. The Kier molecular flexibility index (Phi) is 5.47. The predicted molar refractivity (Wildman–Crippen MR) is 105 cm³/mol. The van der Waals surface area contributed by atoms with E-state index in [1.54, 1.807) is 6.92 Å². The van der Waals surface area contributed by atoms with E-state index in [0.717, 1.165) is 35.2 Å². The van der Waals surface area contributed by atoms with Crippen molar-refractivity contribution >= 4 is 28.9 Å². The highest BCUT2D eigenvalue weighted by Crippen LogP contribution is 2.30. The summed E-state index contributed by atoms with van der Waals surface area (Å²) in [5, 5.41) is 2.90. The molecule has 1 aliphatic carbocycles. The predicted octanol–water partition coefficient (Wildman–Crippen LogP) is 4.74. The van der Waals surface area contributed by atoms with E-state index in [1.807, 2.05) is 39.0 Å². The molecule has 5 heteroatoms. The van der Waals surface area contributed by atoms with Gasteiger partial charge in [0.2, 0.25) is 0 Å². The van der Waals surface area contributed by atoms with Gasteiger partial charge in [-0.15, -0.1) is 11.3 Å². The Morgan fingerprint density at radius 3 is 2.38 bits per heavy atom. The molecule has 1 amide bonds. The summed E-state index contributed by atoms with van der Waals surface area (Å²) in [7, 11) is 0. The molecule has 0 saturated carbocycles. The van der Waals surface area contributed by atoms with E-state index in [9.17, 15) is 9.59 Å². The maximum Gasteiger partial charge on any atom is 0.349 e. The first-order valence-corrected chi connectivity index (χ1v) is 9.88. The monoisotopic (exact) mass is 371 g/mol. The van der Waals surface area contributed by atoms with Crippen molar-refractivity contribution in [2.24, 2.45) is 0 Å². The summed E-state index contributed by atoms with van der Waals surface area (Å²) < 4.78 is 5.41. The minimum atomic E-state index is -0.846. The number of esters is 1. The summed E-state index contributed by atoms with van der Waals surface area (Å²) in [6, 6.07) is 5.98. The van der Waals surface area contributed by atoms with Gasteiger partial charge in [0.25, 0.3) is 5.91 Å². The molecule has 0 fully saturated rings. The highest BCUT2D eigenvalue weighted by atomic mass is 32.1. The van der Waals surface area contributed by atoms with Crippen LogP contribution in [0.1, 0.15) is 56.6 Å². The molecule has 0 aliphatic heterocycles. The van der Waals surface area contributed by atoms with E-state index in [-0.39, 0.29) is 5.91 Å². The number of carbonyl (C=O) groups is 2. The lowest BCUT2D eigenvalue weighted by Gasteiger charge is -2.16. The lowest BCUT2D eigenvalue weighted by Crippen LogP contribution is -2.30. The molecular formula is C21H25NO3S. The normalized spacial score (nSPS) is 14.5. The molecule has 4 nitrogen and oxygen atoms in total. The summed E-state index contributed by atoms with van der Waals surface area (Å²) in [6.45, 7) is 7.56. The molecule has 26 heavy (non-hydrogen) atoms. The zero-order chi connectivity index (χ0) is 18.8. The Morgan fingerprint density at radius 2 is 1.73 bits per heavy atom. The van der Waals surface area contributed by atoms with Crippen LogP contribution < -0.4 is 5.32 Å². The number of nitrogens with one attached hydrogen (secondary N) is 1. The summed E-state index contributed by atoms with van der Waals surface area (Å²) in [5.74, 6) is -0.723. The second-order valence-electron chi connectivity index (χ2n) is 7.08. The second kappa shape index (κ2) is 7.62. The molecule has 1 atom stereocenters. The molecule has 1 heterocycles. The van der Waals surface area contributed by atoms with E-state index in [4.69, 9.17) is 4.74 Å². The maximum absolute atomic E-state index is 12.5. The molecule has 0 bridgehead atoms. The molecular weight excluding hydrogens is 346 g/mol. The van der Waals surface area contributed by atoms with Crippen LogP contribution in [-0.4, -0.2) is 18.0 Å². The molecule has 2 aromatic rings. The van der Waals surface area contributed by atoms with E-state index < -0.39 is 12.1 Å². The van der Waals surface area contributed by atoms with Crippen molar-refractivity contribution in [2.45, 2.75) is 59.5 Å². The number of benzene rings is 1. The lowest BCUT2D eigenvalue weighted by atomic mass is 9.99. The van der Waals surface area contributed by atoms with Gasteiger partial charge < -0.3 is 10.1 Å². The molecule has 1 aromatic heterocycles. The van der Waals surface area contributed by atoms with Crippen LogP contribution in [0.5, 0.6) is 0 Å². The van der Waals surface area contributed by atoms with Crippen LogP contribution in [0.25, 0.3) is 0 Å². The Bertz CT molecular complexity index is 806. The van der Waals surface area contributed by atoms with Crippen molar-refractivity contribution in [3.63, 3.8) is 0 Å². The number of rotatable bonds is 4. The molecule has 0 unspecified atom stereocenters. The first-order valence-electron chi connectivity index (χ1n) is 9.06. The van der Waals surface area contributed by atoms with Crippen molar-refractivity contribution in [1.82, 2.24) is 0 Å². The minimum absolute atomic E-state index is 0.310. The van der Waals surface area contributed by atoms with Crippen LogP contribution in [0.15, 0.2) is 18.2 Å². The number of hydrogen-bond acceptors (Lipinski definition) is 4. The third-order valence-corrected chi connectivity index (χ3v) is 5.99. The molecule has 0 radical (unpaired) electrons. The van der Waals surface area contributed by atoms with Gasteiger partial charge >= 0.3 is 5.97 Å². The molecule has 3 rings (SSSR count). The second-order valence-corrected chi connectivity index (χ2v) is 8.21. The van der Waals surface area contributed by atoms with Crippen LogP contribution in [-0.2, 0) is 22.4 Å². The number of aryl methyl sites for hydroxylation is 5. The fourth-order valence-electron chi connectivity index (χ4n) is 3.47. The van der Waals surface area contributed by atoms with Crippen LogP contribution in [0.4, 0.5) is 5.69 Å². The van der Waals surface area contributed by atoms with Gasteiger partial charge in [0.1, 0.15) is 4.88 Å². The molecule has 1 aromatic carbocycles. The Balaban J connectivity index is 1.66. The van der Waals surface area contributed by atoms with Gasteiger partial charge in [0.05, 0.1) is 0 Å². The Labute approximate surface area is 158 Å². The number of fused-ring (bicyclic) bond motifs is 1. The number of thiophene rings is 1. The van der Waals surface area contributed by atoms with Crippen LogP contribution in [0.3, 0.4) is 0 Å². The van der Waals surface area contributed by atoms with Gasteiger partial charge in [-0.3, -0.25) is 4.79 Å². The highest BCUT2D eigenvalue weighted by molar-refractivity contribution is 7.14. The third kappa shape index (κ3) is 3.98. The van der Waals surface area contributed by atoms with E-state index in [1.165, 1.54) is 34.6 Å². The largest absolute Gasteiger partial charge is 0.448 e. The van der Waals surface area contributed by atoms with Gasteiger partial charge in [-0.2, -0.15) is 0 Å². The smallest absolute Gasteiger partial charge is 0.349 e. The topological polar surface area (TPSA) is 55.4 Å². The van der Waals surface area contributed by atoms with Crippen LogP contribution in [0, 0.1) is 20.8 Å². The maximum atomic E-state index is 12.5. The van der Waals surface area contributed by atoms with E-state index in [2.05, 4.69) is 5.32 Å². The van der Waals surface area contributed by atoms with Crippen molar-refractivity contribution in [3.05, 3.63) is 50.2 Å². The fourth-order valence-corrected chi connectivity index (χ4v) is 4.60. The number of carbonyl (C=O) groups excluding carboxylic acids is 2. The standard InChI is InChI=1S/C21H25NO3S/c1-12-9-13(2)19(14(3)10-12)22-20(23)15(4)25-21(24)18-11-16-7-5-6-8-17(16)26-18/h9-11,15H,5-8H2,1-4H3,(H,22,23)/t15-/m0/s1. The quantitative estimate of drug-likeness (QED) is 0.790. The number of amides is 1. The van der Waals surface area contributed by atoms with Crippen LogP contribution >= 0.6 is 11.3 Å². The van der Waals surface area contributed by atoms with Gasteiger partial charge in [-0.25, -0.2) is 4.79 Å². The summed E-state index contributed by atoms with van der Waals surface area (Å²) in [4.78, 5) is 26.8. The first kappa shape index (κ1) is 18.6. The highest BCUT2D eigenvalue weighted by Gasteiger charge is 2.23. The zero-order valence-corrected chi connectivity index (χ0v) is 16.6. The van der Waals surface area contributed by atoms with Crippen molar-refractivity contribution in [1.29, 1.82) is 0 Å². The van der Waals surface area contributed by atoms with Gasteiger partial charge in [0.15, 0.2) is 6.10 Å². The average molecular weight is 372 g/mol. The van der Waals surface area contributed by atoms with Gasteiger partial charge in [-0.05, 0) is 76.1 Å². The fraction of sp³-hybridized carbons (Fsp3) is 0.429. The average Bonchev–Trinajstić information content (AvgIpc) is 3.02. The lowest BCUT2D eigenvalue weighted by molar-refractivity contribution is -0.123. The number of ether oxygens (including phenoxy) is 1. The van der Waals surface area contributed by atoms with Crippen LogP contribution in [0.2, 0.25) is 0 Å². The summed E-state index contributed by atoms with van der Waals surface area (Å²) in [5.41, 5.74) is 5.20. The molecule has 1 N–H and O–H groups in total. The number of hydrogen-bond donors (Lipinski definition) is 1. The van der Waals surface area contributed by atoms with E-state index >= 15 is 0 Å². The van der Waals surface area contributed by atoms with Crippen molar-refractivity contribution in [2.75, 3.05) is 5.32 Å². The molecule has 0 spiro atoms. The third-order valence-electron chi connectivity index (χ3n) is 4.78. The Morgan fingerprint density at radius 1 is 1.08 bits per heavy atom. The first-order chi connectivity index (χ1) is 12.3. The zero-order valence-electron chi connectivity index (χ0n) is 15.8. The summed E-state index contributed by atoms with van der Waals surface area (Å²) in [6.07, 6.45) is 3.57. The van der Waals surface area contributed by atoms with Crippen molar-refractivity contribution in [3.8, 4) is 0 Å². The molecule has 138 valence electrons. The minimum Gasteiger partial charge on any atom is -0.448 e. The van der Waals surface area contributed by atoms with Gasteiger partial charge in [0, 0.05) is 10.6 Å². The molecule has 0 saturated heterocycles. The number of anilines is 1.